The number of anilines is 1. The fourth-order valence-corrected chi connectivity index (χ4v) is 1.41. The molecule has 0 saturated heterocycles. The lowest BCUT2D eigenvalue weighted by Crippen LogP contribution is -2.03. The monoisotopic (exact) mass is 229 g/mol. The van der Waals surface area contributed by atoms with Crippen molar-refractivity contribution < 1.29 is 4.52 Å². The van der Waals surface area contributed by atoms with Crippen LogP contribution in [-0.2, 0) is 6.54 Å². The minimum atomic E-state index is 0.299. The first-order chi connectivity index (χ1) is 8.20. The Hall–Kier alpha value is -2.42. The summed E-state index contributed by atoms with van der Waals surface area (Å²) in [6.07, 6.45) is 2.95. The average molecular weight is 229 g/mol. The topological polar surface area (TPSA) is 87.6 Å². The molecular formula is C11H11N5O. The highest BCUT2D eigenvalue weighted by atomic mass is 16.5. The van der Waals surface area contributed by atoms with Crippen molar-refractivity contribution in [3.8, 4) is 6.07 Å². The molecule has 0 aliphatic rings. The Morgan fingerprint density at radius 1 is 1.35 bits per heavy atom. The molecule has 2 aromatic heterocycles. The first kappa shape index (κ1) is 11.1. The first-order valence-corrected chi connectivity index (χ1v) is 5.08. The van der Waals surface area contributed by atoms with Crippen LogP contribution in [0.4, 0.5) is 5.82 Å². The molecule has 0 atom stereocenters. The number of nitrogens with zero attached hydrogens (tertiary/aromatic N) is 4. The third-order valence-electron chi connectivity index (χ3n) is 2.39. The van der Waals surface area contributed by atoms with Gasteiger partial charge in [0.15, 0.2) is 5.69 Å². The summed E-state index contributed by atoms with van der Waals surface area (Å²) in [5.74, 6) is 1.40. The van der Waals surface area contributed by atoms with Crippen LogP contribution in [0.1, 0.15) is 22.7 Å². The van der Waals surface area contributed by atoms with Gasteiger partial charge in [-0.15, -0.1) is 0 Å². The van der Waals surface area contributed by atoms with Crippen molar-refractivity contribution in [1.82, 2.24) is 15.1 Å². The van der Waals surface area contributed by atoms with Crippen molar-refractivity contribution in [3.05, 3.63) is 35.1 Å². The van der Waals surface area contributed by atoms with Gasteiger partial charge in [0.1, 0.15) is 17.6 Å². The predicted molar refractivity (Wildman–Crippen MR) is 60.1 cm³/mol. The van der Waals surface area contributed by atoms with Gasteiger partial charge >= 0.3 is 0 Å². The van der Waals surface area contributed by atoms with Gasteiger partial charge in [0.05, 0.1) is 18.1 Å². The van der Waals surface area contributed by atoms with Gasteiger partial charge in [0.25, 0.3) is 0 Å². The molecule has 0 spiro atoms. The van der Waals surface area contributed by atoms with Crippen molar-refractivity contribution >= 4 is 5.82 Å². The van der Waals surface area contributed by atoms with Crippen LogP contribution < -0.4 is 5.32 Å². The van der Waals surface area contributed by atoms with E-state index in [9.17, 15) is 0 Å². The van der Waals surface area contributed by atoms with Crippen LogP contribution >= 0.6 is 0 Å². The fourth-order valence-electron chi connectivity index (χ4n) is 1.41. The molecule has 0 aliphatic heterocycles. The Morgan fingerprint density at radius 2 is 2.18 bits per heavy atom. The summed E-state index contributed by atoms with van der Waals surface area (Å²) in [5.41, 5.74) is 2.17. The molecule has 0 bridgehead atoms. The molecule has 6 heteroatoms. The number of nitrogens with one attached hydrogen (secondary N) is 1. The van der Waals surface area contributed by atoms with Gasteiger partial charge in [-0.1, -0.05) is 5.16 Å². The molecule has 2 aromatic rings. The van der Waals surface area contributed by atoms with E-state index >= 15 is 0 Å². The molecule has 2 rings (SSSR count). The lowest BCUT2D eigenvalue weighted by Gasteiger charge is -2.03. The highest BCUT2D eigenvalue weighted by Gasteiger charge is 2.08. The molecular weight excluding hydrogens is 218 g/mol. The maximum absolute atomic E-state index is 8.59. The van der Waals surface area contributed by atoms with Crippen LogP contribution in [0.15, 0.2) is 16.9 Å². The predicted octanol–water partition coefficient (Wildman–Crippen LogP) is 1.57. The fraction of sp³-hybridized carbons (Fsp3) is 0.273. The van der Waals surface area contributed by atoms with Gasteiger partial charge in [-0.2, -0.15) is 5.26 Å². The lowest BCUT2D eigenvalue weighted by molar-refractivity contribution is 0.392. The molecule has 0 saturated carbocycles. The van der Waals surface area contributed by atoms with E-state index in [4.69, 9.17) is 9.78 Å². The van der Waals surface area contributed by atoms with Crippen LogP contribution in [0.5, 0.6) is 0 Å². The van der Waals surface area contributed by atoms with Crippen molar-refractivity contribution in [3.63, 3.8) is 0 Å². The zero-order valence-corrected chi connectivity index (χ0v) is 9.56. The van der Waals surface area contributed by atoms with E-state index in [1.165, 1.54) is 12.4 Å². The molecule has 0 aromatic carbocycles. The molecule has 6 nitrogen and oxygen atoms in total. The number of aryl methyl sites for hydroxylation is 2. The van der Waals surface area contributed by atoms with Gasteiger partial charge in [0.2, 0.25) is 0 Å². The lowest BCUT2D eigenvalue weighted by atomic mass is 10.2. The van der Waals surface area contributed by atoms with Crippen LogP contribution in [0.2, 0.25) is 0 Å². The number of nitriles is 1. The van der Waals surface area contributed by atoms with Crippen LogP contribution in [-0.4, -0.2) is 15.1 Å². The second kappa shape index (κ2) is 4.61. The quantitative estimate of drug-likeness (QED) is 0.859. The number of hydrogen-bond acceptors (Lipinski definition) is 6. The van der Waals surface area contributed by atoms with Gasteiger partial charge < -0.3 is 9.84 Å². The van der Waals surface area contributed by atoms with E-state index in [0.29, 0.717) is 18.1 Å². The van der Waals surface area contributed by atoms with Crippen molar-refractivity contribution in [1.29, 1.82) is 5.26 Å². The van der Waals surface area contributed by atoms with E-state index < -0.39 is 0 Å². The Labute approximate surface area is 98.3 Å². The molecule has 0 fully saturated rings. The molecule has 2 heterocycles. The number of aromatic nitrogens is 3. The summed E-state index contributed by atoms with van der Waals surface area (Å²) < 4.78 is 5.05. The van der Waals surface area contributed by atoms with Gasteiger partial charge in [-0.25, -0.2) is 9.97 Å². The number of hydrogen-bond donors (Lipinski definition) is 1. The molecule has 0 unspecified atom stereocenters. The molecule has 17 heavy (non-hydrogen) atoms. The average Bonchev–Trinajstić information content (AvgIpc) is 2.67. The molecule has 0 radical (unpaired) electrons. The third-order valence-corrected chi connectivity index (χ3v) is 2.39. The van der Waals surface area contributed by atoms with Crippen molar-refractivity contribution in [2.45, 2.75) is 20.4 Å². The van der Waals surface area contributed by atoms with E-state index in [1.54, 1.807) is 0 Å². The Bertz CT molecular complexity index is 533. The smallest absolute Gasteiger partial charge is 0.158 e. The van der Waals surface area contributed by atoms with Gasteiger partial charge in [0, 0.05) is 12.1 Å². The van der Waals surface area contributed by atoms with Crippen molar-refractivity contribution in [2.75, 3.05) is 5.32 Å². The first-order valence-electron chi connectivity index (χ1n) is 5.08. The Balaban J connectivity index is 2.05. The summed E-state index contributed by atoms with van der Waals surface area (Å²) in [6, 6.07) is 1.92. The highest BCUT2D eigenvalue weighted by Crippen LogP contribution is 2.13. The summed E-state index contributed by atoms with van der Waals surface area (Å²) in [5, 5.41) is 15.5. The van der Waals surface area contributed by atoms with E-state index in [-0.39, 0.29) is 0 Å². The van der Waals surface area contributed by atoms with Crippen LogP contribution in [0.25, 0.3) is 0 Å². The van der Waals surface area contributed by atoms with Gasteiger partial charge in [-0.05, 0) is 13.8 Å². The van der Waals surface area contributed by atoms with Gasteiger partial charge in [-0.3, -0.25) is 0 Å². The normalized spacial score (nSPS) is 9.94. The van der Waals surface area contributed by atoms with E-state index in [0.717, 1.165) is 17.0 Å². The maximum Gasteiger partial charge on any atom is 0.158 e. The zero-order chi connectivity index (χ0) is 12.3. The minimum absolute atomic E-state index is 0.299. The summed E-state index contributed by atoms with van der Waals surface area (Å²) >= 11 is 0. The Morgan fingerprint density at radius 3 is 2.71 bits per heavy atom. The number of rotatable bonds is 3. The minimum Gasteiger partial charge on any atom is -0.365 e. The summed E-state index contributed by atoms with van der Waals surface area (Å²) in [6.45, 7) is 4.32. The SMILES string of the molecule is Cc1noc(C)c1CNc1cnc(C#N)cn1. The van der Waals surface area contributed by atoms with E-state index in [2.05, 4.69) is 20.4 Å². The maximum atomic E-state index is 8.59. The Kier molecular flexibility index (Phi) is 3.01. The molecule has 0 aliphatic carbocycles. The molecule has 1 N–H and O–H groups in total. The second-order valence-corrected chi connectivity index (χ2v) is 3.55. The highest BCUT2D eigenvalue weighted by molar-refractivity contribution is 5.35. The second-order valence-electron chi connectivity index (χ2n) is 3.55. The zero-order valence-electron chi connectivity index (χ0n) is 9.56. The van der Waals surface area contributed by atoms with Crippen molar-refractivity contribution in [2.24, 2.45) is 0 Å². The third kappa shape index (κ3) is 2.39. The largest absolute Gasteiger partial charge is 0.365 e. The summed E-state index contributed by atoms with van der Waals surface area (Å²) in [4.78, 5) is 7.98. The molecule has 86 valence electrons. The summed E-state index contributed by atoms with van der Waals surface area (Å²) in [7, 11) is 0. The van der Waals surface area contributed by atoms with Crippen LogP contribution in [0.3, 0.4) is 0 Å². The standard InChI is InChI=1S/C11H11N5O/c1-7-10(8(2)17-16-7)5-15-11-6-13-9(3-12)4-14-11/h4,6H,5H2,1-2H3,(H,14,15). The molecule has 0 amide bonds. The van der Waals surface area contributed by atoms with E-state index in [1.807, 2.05) is 19.9 Å². The van der Waals surface area contributed by atoms with Crippen LogP contribution in [0, 0.1) is 25.2 Å².